The van der Waals surface area contributed by atoms with Crippen LogP contribution in [0, 0.1) is 0 Å². The lowest BCUT2D eigenvalue weighted by Gasteiger charge is -2.12. The van der Waals surface area contributed by atoms with E-state index in [-0.39, 0.29) is 5.38 Å². The van der Waals surface area contributed by atoms with Crippen molar-refractivity contribution >= 4 is 38.6 Å². The van der Waals surface area contributed by atoms with Crippen LogP contribution in [0.5, 0.6) is 0 Å². The van der Waals surface area contributed by atoms with Crippen LogP contribution in [0.1, 0.15) is 30.6 Å². The summed E-state index contributed by atoms with van der Waals surface area (Å²) in [4.78, 5) is 4.70. The highest BCUT2D eigenvalue weighted by atomic mass is 79.9. The van der Waals surface area contributed by atoms with Crippen LogP contribution in [0.15, 0.2) is 46.9 Å². The average molecular weight is 364 g/mol. The van der Waals surface area contributed by atoms with Gasteiger partial charge in [-0.05, 0) is 49.2 Å². The summed E-state index contributed by atoms with van der Waals surface area (Å²) in [5, 5.41) is -0.151. The fourth-order valence-electron chi connectivity index (χ4n) is 2.52. The predicted octanol–water partition coefficient (Wildman–Crippen LogP) is 5.65. The highest BCUT2D eigenvalue weighted by Crippen LogP contribution is 2.30. The van der Waals surface area contributed by atoms with E-state index in [2.05, 4.69) is 57.8 Å². The third-order valence-corrected chi connectivity index (χ3v) is 4.26. The molecule has 3 aromatic rings. The Morgan fingerprint density at radius 3 is 2.76 bits per heavy atom. The zero-order valence-electron chi connectivity index (χ0n) is 12.0. The molecule has 0 spiro atoms. The van der Waals surface area contributed by atoms with Crippen molar-refractivity contribution in [3.63, 3.8) is 0 Å². The monoisotopic (exact) mass is 362 g/mol. The molecule has 1 atom stereocenters. The van der Waals surface area contributed by atoms with Gasteiger partial charge in [-0.1, -0.05) is 35.0 Å². The minimum absolute atomic E-state index is 0.151. The van der Waals surface area contributed by atoms with Gasteiger partial charge < -0.3 is 0 Å². The fraction of sp³-hybridized carbons (Fsp3) is 0.235. The number of rotatable bonds is 3. The van der Waals surface area contributed by atoms with Gasteiger partial charge in [-0.3, -0.25) is 4.57 Å². The van der Waals surface area contributed by atoms with Gasteiger partial charge in [0.25, 0.3) is 0 Å². The molecule has 0 bridgehead atoms. The maximum Gasteiger partial charge on any atom is 0.132 e. The van der Waals surface area contributed by atoms with E-state index in [0.29, 0.717) is 0 Å². The molecule has 0 saturated heterocycles. The number of alkyl halides is 1. The number of aryl methyl sites for hydroxylation is 1. The highest BCUT2D eigenvalue weighted by Gasteiger charge is 2.16. The molecule has 2 aromatic carbocycles. The van der Waals surface area contributed by atoms with Crippen molar-refractivity contribution in [2.45, 2.75) is 25.6 Å². The van der Waals surface area contributed by atoms with Crippen molar-refractivity contribution in [3.05, 3.63) is 58.3 Å². The predicted molar refractivity (Wildman–Crippen MR) is 92.4 cm³/mol. The molecular weight excluding hydrogens is 348 g/mol. The molecule has 0 saturated carbocycles. The quantitative estimate of drug-likeness (QED) is 0.550. The number of nitrogens with zero attached hydrogens (tertiary/aromatic N) is 2. The van der Waals surface area contributed by atoms with Crippen LogP contribution in [-0.2, 0) is 6.42 Å². The number of aromatic nitrogens is 2. The molecule has 1 heterocycles. The van der Waals surface area contributed by atoms with E-state index >= 15 is 0 Å². The first-order valence-electron chi connectivity index (χ1n) is 7.01. The standard InChI is InChI=1S/C17H16BrClN2/c1-3-12-5-4-6-14(9-12)21-16-10-13(18)7-8-15(16)20-17(21)11(2)19/h4-11H,3H2,1-2H3. The van der Waals surface area contributed by atoms with E-state index in [0.717, 1.165) is 33.4 Å². The topological polar surface area (TPSA) is 17.8 Å². The van der Waals surface area contributed by atoms with Gasteiger partial charge in [0.1, 0.15) is 5.82 Å². The van der Waals surface area contributed by atoms with E-state index in [9.17, 15) is 0 Å². The van der Waals surface area contributed by atoms with Gasteiger partial charge in [-0.15, -0.1) is 11.6 Å². The Morgan fingerprint density at radius 1 is 1.24 bits per heavy atom. The number of hydrogen-bond donors (Lipinski definition) is 0. The Bertz CT molecular complexity index is 793. The summed E-state index contributed by atoms with van der Waals surface area (Å²) in [6.07, 6.45) is 1.01. The van der Waals surface area contributed by atoms with E-state index < -0.39 is 0 Å². The first kappa shape index (κ1) is 14.6. The molecule has 108 valence electrons. The third-order valence-electron chi connectivity index (χ3n) is 3.58. The van der Waals surface area contributed by atoms with E-state index in [1.165, 1.54) is 5.56 Å². The molecule has 0 N–H and O–H groups in total. The lowest BCUT2D eigenvalue weighted by molar-refractivity contribution is 0.880. The molecule has 3 rings (SSSR count). The molecule has 0 aliphatic heterocycles. The number of fused-ring (bicyclic) bond motifs is 1. The maximum atomic E-state index is 6.35. The smallest absolute Gasteiger partial charge is 0.132 e. The van der Waals surface area contributed by atoms with Crippen LogP contribution < -0.4 is 0 Å². The van der Waals surface area contributed by atoms with Crippen LogP contribution in [0.4, 0.5) is 0 Å². The lowest BCUT2D eigenvalue weighted by Crippen LogP contribution is -2.02. The normalized spacial score (nSPS) is 12.8. The minimum atomic E-state index is -0.151. The van der Waals surface area contributed by atoms with E-state index in [4.69, 9.17) is 16.6 Å². The van der Waals surface area contributed by atoms with Crippen molar-refractivity contribution in [2.24, 2.45) is 0 Å². The maximum absolute atomic E-state index is 6.35. The molecule has 0 aliphatic rings. The second-order valence-corrected chi connectivity index (χ2v) is 6.65. The van der Waals surface area contributed by atoms with Crippen molar-refractivity contribution in [1.29, 1.82) is 0 Å². The first-order valence-corrected chi connectivity index (χ1v) is 8.24. The molecule has 0 aliphatic carbocycles. The summed E-state index contributed by atoms with van der Waals surface area (Å²) in [5.74, 6) is 0.873. The largest absolute Gasteiger partial charge is 0.295 e. The Balaban J connectivity index is 2.32. The summed E-state index contributed by atoms with van der Waals surface area (Å²) >= 11 is 9.89. The van der Waals surface area contributed by atoms with Crippen LogP contribution >= 0.6 is 27.5 Å². The van der Waals surface area contributed by atoms with E-state index in [1.807, 2.05) is 19.1 Å². The second kappa shape index (κ2) is 5.82. The Kier molecular flexibility index (Phi) is 4.05. The molecule has 0 amide bonds. The lowest BCUT2D eigenvalue weighted by atomic mass is 10.1. The highest BCUT2D eigenvalue weighted by molar-refractivity contribution is 9.10. The number of hydrogen-bond acceptors (Lipinski definition) is 1. The summed E-state index contributed by atoms with van der Waals surface area (Å²) in [7, 11) is 0. The summed E-state index contributed by atoms with van der Waals surface area (Å²) in [6, 6.07) is 14.6. The summed E-state index contributed by atoms with van der Waals surface area (Å²) in [5.41, 5.74) is 4.44. The third kappa shape index (κ3) is 2.72. The Labute approximate surface area is 137 Å². The van der Waals surface area contributed by atoms with E-state index in [1.54, 1.807) is 0 Å². The van der Waals surface area contributed by atoms with Crippen LogP contribution in [0.2, 0.25) is 0 Å². The molecule has 2 nitrogen and oxygen atoms in total. The Morgan fingerprint density at radius 2 is 2.05 bits per heavy atom. The van der Waals surface area contributed by atoms with Crippen molar-refractivity contribution in [1.82, 2.24) is 9.55 Å². The Hall–Kier alpha value is -1.32. The van der Waals surface area contributed by atoms with Gasteiger partial charge in [-0.25, -0.2) is 4.98 Å². The fourth-order valence-corrected chi connectivity index (χ4v) is 3.02. The summed E-state index contributed by atoms with van der Waals surface area (Å²) < 4.78 is 3.19. The molecular formula is C17H16BrClN2. The van der Waals surface area contributed by atoms with Gasteiger partial charge in [-0.2, -0.15) is 0 Å². The number of benzene rings is 2. The molecule has 0 radical (unpaired) electrons. The molecule has 1 aromatic heterocycles. The molecule has 1 unspecified atom stereocenters. The number of imidazole rings is 1. The molecule has 21 heavy (non-hydrogen) atoms. The van der Waals surface area contributed by atoms with Crippen LogP contribution in [-0.4, -0.2) is 9.55 Å². The van der Waals surface area contributed by atoms with Crippen LogP contribution in [0.3, 0.4) is 0 Å². The zero-order valence-corrected chi connectivity index (χ0v) is 14.3. The SMILES string of the molecule is CCc1cccc(-n2c(C(C)Cl)nc3ccc(Br)cc32)c1. The first-order chi connectivity index (χ1) is 10.1. The molecule has 4 heteroatoms. The van der Waals surface area contributed by atoms with Crippen molar-refractivity contribution < 1.29 is 0 Å². The molecule has 0 fully saturated rings. The second-order valence-electron chi connectivity index (χ2n) is 5.08. The van der Waals surface area contributed by atoms with Crippen molar-refractivity contribution in [3.8, 4) is 5.69 Å². The summed E-state index contributed by atoms with van der Waals surface area (Å²) in [6.45, 7) is 4.12. The van der Waals surface area contributed by atoms with Gasteiger partial charge in [0.15, 0.2) is 0 Å². The zero-order chi connectivity index (χ0) is 15.0. The minimum Gasteiger partial charge on any atom is -0.295 e. The van der Waals surface area contributed by atoms with Gasteiger partial charge in [0.05, 0.1) is 16.4 Å². The van der Waals surface area contributed by atoms with Gasteiger partial charge >= 0.3 is 0 Å². The van der Waals surface area contributed by atoms with Crippen LogP contribution in [0.25, 0.3) is 16.7 Å². The van der Waals surface area contributed by atoms with Gasteiger partial charge in [0, 0.05) is 10.2 Å². The van der Waals surface area contributed by atoms with Crippen molar-refractivity contribution in [2.75, 3.05) is 0 Å². The van der Waals surface area contributed by atoms with Gasteiger partial charge in [0.2, 0.25) is 0 Å². The number of halogens is 2. The average Bonchev–Trinajstić information content (AvgIpc) is 2.86.